The van der Waals surface area contributed by atoms with Gasteiger partial charge < -0.3 is 28.3 Å². The van der Waals surface area contributed by atoms with Gasteiger partial charge in [0.15, 0.2) is 23.2 Å². The highest BCUT2D eigenvalue weighted by atomic mass is 16.7. The van der Waals surface area contributed by atoms with E-state index in [-0.39, 0.29) is 25.7 Å². The van der Waals surface area contributed by atoms with E-state index >= 15 is 0 Å². The Balaban J connectivity index is 1.25. The molecule has 0 bridgehead atoms. The molecule has 0 radical (unpaired) electrons. The van der Waals surface area contributed by atoms with Gasteiger partial charge in [0.2, 0.25) is 12.7 Å². The molecule has 51 heavy (non-hydrogen) atoms. The first-order chi connectivity index (χ1) is 24.5. The summed E-state index contributed by atoms with van der Waals surface area (Å²) < 4.78 is 28.5. The Morgan fingerprint density at radius 3 is 2.53 bits per heavy atom. The van der Waals surface area contributed by atoms with E-state index in [4.69, 9.17) is 23.4 Å². The summed E-state index contributed by atoms with van der Waals surface area (Å²) in [7, 11) is 0. The van der Waals surface area contributed by atoms with E-state index in [9.17, 15) is 14.4 Å². The van der Waals surface area contributed by atoms with Crippen LogP contribution >= 0.6 is 0 Å². The molecule has 0 aliphatic carbocycles. The quantitative estimate of drug-likeness (QED) is 0.137. The fraction of sp³-hybridized carbons (Fsp3) is 0.317. The van der Waals surface area contributed by atoms with Gasteiger partial charge in [-0.2, -0.15) is 0 Å². The molecule has 4 aromatic carbocycles. The summed E-state index contributed by atoms with van der Waals surface area (Å²) in [6.07, 6.45) is 2.74. The minimum absolute atomic E-state index is 0.127. The number of nitrogens with zero attached hydrogens (tertiary/aromatic N) is 2. The van der Waals surface area contributed by atoms with Crippen molar-refractivity contribution in [3.8, 4) is 11.5 Å². The van der Waals surface area contributed by atoms with Crippen LogP contribution < -0.4 is 9.47 Å². The van der Waals surface area contributed by atoms with Crippen molar-refractivity contribution in [2.75, 3.05) is 6.79 Å². The number of hydrogen-bond acceptors (Lipinski definition) is 9. The lowest BCUT2D eigenvalue weighted by atomic mass is 9.87. The number of allylic oxidation sites excluding steroid dienone is 1. The molecule has 2 aliphatic heterocycles. The van der Waals surface area contributed by atoms with Crippen LogP contribution in [0.25, 0.3) is 27.9 Å². The highest BCUT2D eigenvalue weighted by Crippen LogP contribution is 2.39. The van der Waals surface area contributed by atoms with Crippen LogP contribution in [0.1, 0.15) is 63.5 Å². The van der Waals surface area contributed by atoms with Crippen molar-refractivity contribution in [3.63, 3.8) is 0 Å². The van der Waals surface area contributed by atoms with Crippen LogP contribution in [-0.2, 0) is 30.4 Å². The number of para-hydroxylation sites is 2. The van der Waals surface area contributed by atoms with E-state index in [2.05, 4.69) is 11.1 Å². The molecule has 0 unspecified atom stereocenters. The summed E-state index contributed by atoms with van der Waals surface area (Å²) in [5, 5.41) is 2.10. The second-order valence-electron chi connectivity index (χ2n) is 14.0. The number of benzene rings is 4. The Labute approximate surface area is 295 Å². The summed E-state index contributed by atoms with van der Waals surface area (Å²) in [5.74, 6) is -1.33. The normalized spacial score (nSPS) is 18.2. The Morgan fingerprint density at radius 2 is 1.73 bits per heavy atom. The van der Waals surface area contributed by atoms with E-state index in [0.717, 1.165) is 27.4 Å². The first-order valence-electron chi connectivity index (χ1n) is 17.1. The lowest BCUT2D eigenvalue weighted by Gasteiger charge is -2.37. The van der Waals surface area contributed by atoms with Gasteiger partial charge >= 0.3 is 11.9 Å². The van der Waals surface area contributed by atoms with Gasteiger partial charge in [-0.1, -0.05) is 60.7 Å². The SMILES string of the molecule is C[C@H]([C@H](CC=Cc1nc2ccccc2o1)c1ccc2c(c1)OCO2)N(Cc1ccc2ccccc2c1)C(=O)[C@H]1OC(=O)C[C@@H]1C(=O)OC(C)(C)C. The summed E-state index contributed by atoms with van der Waals surface area (Å²) in [6.45, 7) is 7.55. The van der Waals surface area contributed by atoms with Gasteiger partial charge in [0.05, 0.1) is 6.42 Å². The van der Waals surface area contributed by atoms with Gasteiger partial charge in [-0.25, -0.2) is 4.98 Å². The topological polar surface area (TPSA) is 117 Å². The third-order valence-electron chi connectivity index (χ3n) is 9.27. The Bertz CT molecular complexity index is 2100. The number of rotatable bonds is 10. The molecule has 0 N–H and O–H groups in total. The fourth-order valence-corrected chi connectivity index (χ4v) is 6.73. The van der Waals surface area contributed by atoms with Crippen LogP contribution in [0.4, 0.5) is 0 Å². The van der Waals surface area contributed by atoms with Crippen molar-refractivity contribution in [3.05, 3.63) is 108 Å². The highest BCUT2D eigenvalue weighted by molar-refractivity contribution is 5.94. The predicted molar refractivity (Wildman–Crippen MR) is 191 cm³/mol. The van der Waals surface area contributed by atoms with Crippen LogP contribution in [0.2, 0.25) is 0 Å². The van der Waals surface area contributed by atoms with Gasteiger partial charge in [0.1, 0.15) is 17.0 Å². The number of oxazole rings is 1. The second-order valence-corrected chi connectivity index (χ2v) is 14.0. The van der Waals surface area contributed by atoms with Crippen LogP contribution in [0.5, 0.6) is 11.5 Å². The lowest BCUT2D eigenvalue weighted by Crippen LogP contribution is -2.49. The smallest absolute Gasteiger partial charge is 0.314 e. The van der Waals surface area contributed by atoms with Gasteiger partial charge in [0.25, 0.3) is 5.91 Å². The minimum atomic E-state index is -1.33. The van der Waals surface area contributed by atoms with Gasteiger partial charge in [-0.3, -0.25) is 14.4 Å². The molecule has 1 saturated heterocycles. The summed E-state index contributed by atoms with van der Waals surface area (Å²) in [6, 6.07) is 27.0. The lowest BCUT2D eigenvalue weighted by molar-refractivity contribution is -0.167. The van der Waals surface area contributed by atoms with Crippen LogP contribution in [0.3, 0.4) is 0 Å². The van der Waals surface area contributed by atoms with E-state index in [0.29, 0.717) is 29.4 Å². The molecule has 5 aromatic rings. The molecule has 1 fully saturated rings. The number of carbonyl (C=O) groups is 3. The maximum absolute atomic E-state index is 14.8. The zero-order chi connectivity index (χ0) is 35.7. The average molecular weight is 689 g/mol. The maximum atomic E-state index is 14.8. The molecule has 4 atom stereocenters. The maximum Gasteiger partial charge on any atom is 0.314 e. The number of ether oxygens (including phenoxy) is 4. The number of esters is 2. The molecule has 10 nitrogen and oxygen atoms in total. The standard InChI is InChI=1S/C41H40N2O8/c1-25(30(29-18-19-34-35(21-29)48-24-47-34)12-9-15-36-42-32-13-7-8-14-33(32)49-36)43(23-26-16-17-27-10-5-6-11-28(27)20-26)39(45)38-31(22-37(44)50-38)40(46)51-41(2,3)4/h5-11,13-21,25,30-31,38H,12,22-24H2,1-4H3/t25-,30+,31+,38+/m1/s1. The highest BCUT2D eigenvalue weighted by Gasteiger charge is 2.48. The predicted octanol–water partition coefficient (Wildman–Crippen LogP) is 7.59. The first kappa shape index (κ1) is 33.8. The molecule has 1 aromatic heterocycles. The van der Waals surface area contributed by atoms with E-state index in [1.807, 2.05) is 97.9 Å². The van der Waals surface area contributed by atoms with Crippen molar-refractivity contribution in [1.82, 2.24) is 9.88 Å². The number of cyclic esters (lactones) is 1. The number of carbonyl (C=O) groups excluding carboxylic acids is 3. The molecule has 7 rings (SSSR count). The van der Waals surface area contributed by atoms with E-state index in [1.54, 1.807) is 25.7 Å². The first-order valence-corrected chi connectivity index (χ1v) is 17.1. The third kappa shape index (κ3) is 7.45. The number of fused-ring (bicyclic) bond motifs is 3. The van der Waals surface area contributed by atoms with Crippen molar-refractivity contribution in [1.29, 1.82) is 0 Å². The zero-order valence-corrected chi connectivity index (χ0v) is 29.0. The van der Waals surface area contributed by atoms with E-state index < -0.39 is 41.5 Å². The largest absolute Gasteiger partial charge is 0.460 e. The number of amides is 1. The Morgan fingerprint density at radius 1 is 0.961 bits per heavy atom. The van der Waals surface area contributed by atoms with Crippen molar-refractivity contribution in [2.45, 2.75) is 70.7 Å². The molecule has 1 amide bonds. The monoisotopic (exact) mass is 688 g/mol. The van der Waals surface area contributed by atoms with Crippen LogP contribution in [-0.4, -0.2) is 52.3 Å². The molecule has 0 spiro atoms. The van der Waals surface area contributed by atoms with E-state index in [1.165, 1.54) is 0 Å². The summed E-state index contributed by atoms with van der Waals surface area (Å²) >= 11 is 0. The van der Waals surface area contributed by atoms with Gasteiger partial charge in [0, 0.05) is 18.5 Å². The zero-order valence-electron chi connectivity index (χ0n) is 29.0. The molecular formula is C41H40N2O8. The molecule has 0 saturated carbocycles. The minimum Gasteiger partial charge on any atom is -0.460 e. The van der Waals surface area contributed by atoms with Crippen LogP contribution in [0, 0.1) is 5.92 Å². The number of hydrogen-bond donors (Lipinski definition) is 0. The van der Waals surface area contributed by atoms with Crippen molar-refractivity contribution >= 4 is 45.8 Å². The number of aromatic nitrogens is 1. The third-order valence-corrected chi connectivity index (χ3v) is 9.27. The average Bonchev–Trinajstić information content (AvgIpc) is 3.85. The molecule has 10 heteroatoms. The van der Waals surface area contributed by atoms with Crippen molar-refractivity contribution < 1.29 is 37.7 Å². The Hall–Kier alpha value is -5.64. The fourth-order valence-electron chi connectivity index (χ4n) is 6.73. The van der Waals surface area contributed by atoms with Crippen molar-refractivity contribution in [2.24, 2.45) is 5.92 Å². The Kier molecular flexibility index (Phi) is 9.25. The summed E-state index contributed by atoms with van der Waals surface area (Å²) in [5.41, 5.74) is 2.45. The molecular weight excluding hydrogens is 648 g/mol. The summed E-state index contributed by atoms with van der Waals surface area (Å²) in [4.78, 5) is 47.1. The second kappa shape index (κ2) is 13.9. The molecule has 3 heterocycles. The molecule has 262 valence electrons. The van der Waals surface area contributed by atoms with Crippen LogP contribution in [0.15, 0.2) is 95.4 Å². The molecule has 2 aliphatic rings. The van der Waals surface area contributed by atoms with Gasteiger partial charge in [-0.05, 0) is 92.4 Å². The van der Waals surface area contributed by atoms with Gasteiger partial charge in [-0.15, -0.1) is 0 Å².